The van der Waals surface area contributed by atoms with Crippen molar-refractivity contribution in [3.63, 3.8) is 0 Å². The number of hydrogen-bond acceptors (Lipinski definition) is 5. The van der Waals surface area contributed by atoms with Gasteiger partial charge in [0, 0.05) is 14.1 Å². The van der Waals surface area contributed by atoms with Crippen molar-refractivity contribution in [1.29, 1.82) is 0 Å². The first-order chi connectivity index (χ1) is 9.08. The molecule has 19 heavy (non-hydrogen) atoms. The molecule has 1 aromatic carbocycles. The zero-order chi connectivity index (χ0) is 13.8. The van der Waals surface area contributed by atoms with Gasteiger partial charge in [-0.3, -0.25) is 4.79 Å². The number of carbonyl (C=O) groups excluding carboxylic acids is 1. The summed E-state index contributed by atoms with van der Waals surface area (Å²) in [5, 5.41) is 2.80. The van der Waals surface area contributed by atoms with E-state index in [2.05, 4.69) is 15.3 Å². The average molecular weight is 257 g/mol. The van der Waals surface area contributed by atoms with E-state index in [0.29, 0.717) is 0 Å². The molecule has 2 aromatic rings. The van der Waals surface area contributed by atoms with Crippen molar-refractivity contribution < 1.29 is 4.79 Å². The van der Waals surface area contributed by atoms with E-state index in [1.165, 1.54) is 12.4 Å². The third-order valence-electron chi connectivity index (χ3n) is 2.54. The van der Waals surface area contributed by atoms with E-state index >= 15 is 0 Å². The maximum atomic E-state index is 12.0. The highest BCUT2D eigenvalue weighted by Gasteiger charge is 2.11. The molecule has 0 radical (unpaired) electrons. The van der Waals surface area contributed by atoms with Gasteiger partial charge in [0.05, 0.1) is 23.8 Å². The molecule has 98 valence electrons. The first-order valence-electron chi connectivity index (χ1n) is 5.73. The molecule has 1 amide bonds. The fraction of sp³-hybridized carbons (Fsp3) is 0.154. The van der Waals surface area contributed by atoms with Crippen molar-refractivity contribution in [3.05, 3.63) is 42.4 Å². The molecule has 0 aliphatic carbocycles. The number of nitrogen functional groups attached to an aromatic ring is 1. The Balaban J connectivity index is 2.22. The molecular formula is C13H15N5O. The predicted molar refractivity (Wildman–Crippen MR) is 75.2 cm³/mol. The van der Waals surface area contributed by atoms with Gasteiger partial charge in [0.25, 0.3) is 5.91 Å². The zero-order valence-electron chi connectivity index (χ0n) is 10.8. The van der Waals surface area contributed by atoms with Crippen LogP contribution >= 0.6 is 0 Å². The third-order valence-corrected chi connectivity index (χ3v) is 2.54. The lowest BCUT2D eigenvalue weighted by molar-refractivity contribution is 0.102. The molecule has 3 N–H and O–H groups in total. The van der Waals surface area contributed by atoms with Gasteiger partial charge in [0.15, 0.2) is 0 Å². The number of amides is 1. The summed E-state index contributed by atoms with van der Waals surface area (Å²) in [6, 6.07) is 7.52. The normalized spacial score (nSPS) is 10.0. The molecular weight excluding hydrogens is 242 g/mol. The maximum Gasteiger partial charge on any atom is 0.275 e. The van der Waals surface area contributed by atoms with Crippen LogP contribution in [0.5, 0.6) is 0 Å². The van der Waals surface area contributed by atoms with Crippen molar-refractivity contribution in [3.8, 4) is 0 Å². The molecule has 6 nitrogen and oxygen atoms in total. The van der Waals surface area contributed by atoms with Gasteiger partial charge in [0.1, 0.15) is 11.5 Å². The van der Waals surface area contributed by atoms with E-state index in [1.54, 1.807) is 0 Å². The smallest absolute Gasteiger partial charge is 0.275 e. The summed E-state index contributed by atoms with van der Waals surface area (Å²) in [6.45, 7) is 0. The average Bonchev–Trinajstić information content (AvgIpc) is 2.39. The van der Waals surface area contributed by atoms with Crippen molar-refractivity contribution in [2.75, 3.05) is 30.0 Å². The van der Waals surface area contributed by atoms with Gasteiger partial charge in [-0.15, -0.1) is 0 Å². The molecule has 0 fully saturated rings. The lowest BCUT2D eigenvalue weighted by atomic mass is 10.2. The fourth-order valence-electron chi connectivity index (χ4n) is 1.61. The van der Waals surface area contributed by atoms with E-state index in [-0.39, 0.29) is 17.4 Å². The fourth-order valence-corrected chi connectivity index (χ4v) is 1.61. The number of nitrogens with zero attached hydrogens (tertiary/aromatic N) is 3. The van der Waals surface area contributed by atoms with Crippen LogP contribution < -0.4 is 16.0 Å². The Morgan fingerprint density at radius 1 is 1.21 bits per heavy atom. The van der Waals surface area contributed by atoms with E-state index in [0.717, 1.165) is 11.4 Å². The van der Waals surface area contributed by atoms with Gasteiger partial charge in [-0.2, -0.15) is 0 Å². The van der Waals surface area contributed by atoms with Crippen LogP contribution in [0.4, 0.5) is 17.2 Å². The Morgan fingerprint density at radius 3 is 2.58 bits per heavy atom. The topological polar surface area (TPSA) is 84.1 Å². The second-order valence-electron chi connectivity index (χ2n) is 4.19. The molecule has 0 aliphatic rings. The first-order valence-corrected chi connectivity index (χ1v) is 5.73. The highest BCUT2D eigenvalue weighted by molar-refractivity contribution is 6.04. The highest BCUT2D eigenvalue weighted by atomic mass is 16.1. The van der Waals surface area contributed by atoms with Gasteiger partial charge in [-0.1, -0.05) is 12.1 Å². The van der Waals surface area contributed by atoms with Crippen LogP contribution in [0.15, 0.2) is 36.7 Å². The molecule has 2 rings (SSSR count). The standard InChI is InChI=1S/C13H15N5O/c1-18(2)11-6-4-3-5-9(11)17-13(19)10-7-16-12(14)8-15-10/h3-8H,1-2H3,(H2,14,16)(H,17,19). The first kappa shape index (κ1) is 12.8. The second kappa shape index (κ2) is 5.34. The summed E-state index contributed by atoms with van der Waals surface area (Å²) in [5.41, 5.74) is 7.29. The van der Waals surface area contributed by atoms with Gasteiger partial charge < -0.3 is 16.0 Å². The minimum Gasteiger partial charge on any atom is -0.382 e. The largest absolute Gasteiger partial charge is 0.382 e. The number of anilines is 3. The van der Waals surface area contributed by atoms with Gasteiger partial charge >= 0.3 is 0 Å². The number of nitrogens with one attached hydrogen (secondary N) is 1. The van der Waals surface area contributed by atoms with Crippen molar-refractivity contribution in [1.82, 2.24) is 9.97 Å². The van der Waals surface area contributed by atoms with Crippen LogP contribution in [0.25, 0.3) is 0 Å². The summed E-state index contributed by atoms with van der Waals surface area (Å²) in [7, 11) is 3.82. The molecule has 0 atom stereocenters. The molecule has 1 aromatic heterocycles. The maximum absolute atomic E-state index is 12.0. The van der Waals surface area contributed by atoms with Crippen LogP contribution in [0.1, 0.15) is 10.5 Å². The predicted octanol–water partition coefficient (Wildman–Crippen LogP) is 1.38. The summed E-state index contributed by atoms with van der Waals surface area (Å²) in [4.78, 5) is 21.7. The van der Waals surface area contributed by atoms with Crippen molar-refractivity contribution in [2.24, 2.45) is 0 Å². The van der Waals surface area contributed by atoms with E-state index in [4.69, 9.17) is 5.73 Å². The molecule has 6 heteroatoms. The Morgan fingerprint density at radius 2 is 1.95 bits per heavy atom. The van der Waals surface area contributed by atoms with Crippen LogP contribution in [-0.4, -0.2) is 30.0 Å². The minimum absolute atomic E-state index is 0.225. The van der Waals surface area contributed by atoms with Crippen LogP contribution in [0.3, 0.4) is 0 Å². The molecule has 0 saturated carbocycles. The number of nitrogens with two attached hydrogens (primary N) is 1. The Labute approximate surface area is 111 Å². The summed E-state index contributed by atoms with van der Waals surface area (Å²) >= 11 is 0. The highest BCUT2D eigenvalue weighted by Crippen LogP contribution is 2.23. The lowest BCUT2D eigenvalue weighted by Gasteiger charge is -2.17. The van der Waals surface area contributed by atoms with Crippen molar-refractivity contribution in [2.45, 2.75) is 0 Å². The second-order valence-corrected chi connectivity index (χ2v) is 4.19. The monoisotopic (exact) mass is 257 g/mol. The minimum atomic E-state index is -0.318. The summed E-state index contributed by atoms with van der Waals surface area (Å²) in [5.74, 6) is -0.0351. The molecule has 0 aliphatic heterocycles. The van der Waals surface area contributed by atoms with Crippen LogP contribution in [0.2, 0.25) is 0 Å². The molecule has 0 saturated heterocycles. The van der Waals surface area contributed by atoms with E-state index < -0.39 is 0 Å². The molecule has 0 bridgehead atoms. The SMILES string of the molecule is CN(C)c1ccccc1NC(=O)c1cnc(N)cn1. The zero-order valence-corrected chi connectivity index (χ0v) is 10.8. The Kier molecular flexibility index (Phi) is 3.61. The molecule has 1 heterocycles. The molecule has 0 spiro atoms. The van der Waals surface area contributed by atoms with E-state index in [1.807, 2.05) is 43.3 Å². The number of para-hydroxylation sites is 2. The lowest BCUT2D eigenvalue weighted by Crippen LogP contribution is -2.17. The summed E-state index contributed by atoms with van der Waals surface area (Å²) < 4.78 is 0. The number of aromatic nitrogens is 2. The number of carbonyl (C=O) groups is 1. The van der Waals surface area contributed by atoms with Crippen LogP contribution in [-0.2, 0) is 0 Å². The van der Waals surface area contributed by atoms with Gasteiger partial charge in [-0.25, -0.2) is 9.97 Å². The van der Waals surface area contributed by atoms with Crippen molar-refractivity contribution >= 4 is 23.1 Å². The van der Waals surface area contributed by atoms with Gasteiger partial charge in [0.2, 0.25) is 0 Å². The van der Waals surface area contributed by atoms with Gasteiger partial charge in [-0.05, 0) is 12.1 Å². The van der Waals surface area contributed by atoms with E-state index in [9.17, 15) is 4.79 Å². The number of hydrogen-bond donors (Lipinski definition) is 2. The third kappa shape index (κ3) is 2.98. The quantitative estimate of drug-likeness (QED) is 0.867. The molecule has 0 unspecified atom stereocenters. The van der Waals surface area contributed by atoms with Crippen LogP contribution in [0, 0.1) is 0 Å². The Hall–Kier alpha value is -2.63. The number of benzene rings is 1. The number of rotatable bonds is 3. The Bertz CT molecular complexity index is 580. The summed E-state index contributed by atoms with van der Waals surface area (Å²) in [6.07, 6.45) is 2.70.